The Kier molecular flexibility index (Phi) is 6.61. The molecule has 3 heteroatoms. The average molecular weight is 287 g/mol. The van der Waals surface area contributed by atoms with Crippen LogP contribution in [0.1, 0.15) is 68.1 Å². The van der Waals surface area contributed by atoms with Gasteiger partial charge in [0.1, 0.15) is 0 Å². The Bertz CT molecular complexity index is 494. The number of carbonyl (C=O) groups is 1. The first-order valence-electron chi connectivity index (χ1n) is 8.11. The number of unbranched alkanes of at least 4 members (excludes halogenated alkanes) is 6. The van der Waals surface area contributed by atoms with Crippen LogP contribution in [0, 0.1) is 0 Å². The lowest BCUT2D eigenvalue weighted by Gasteiger charge is -2.14. The van der Waals surface area contributed by atoms with Gasteiger partial charge in [-0.05, 0) is 31.4 Å². The van der Waals surface area contributed by atoms with Gasteiger partial charge in [-0.3, -0.25) is 9.79 Å². The van der Waals surface area contributed by atoms with Crippen LogP contribution in [0.5, 0.6) is 0 Å². The quantitative estimate of drug-likeness (QED) is 0.682. The second-order valence-electron chi connectivity index (χ2n) is 5.74. The molecule has 1 heterocycles. The predicted molar refractivity (Wildman–Crippen MR) is 86.5 cm³/mol. The zero-order valence-electron chi connectivity index (χ0n) is 12.7. The number of aliphatic imine (C=N–C) groups is 1. The second-order valence-corrected chi connectivity index (χ2v) is 5.74. The van der Waals surface area contributed by atoms with Crippen molar-refractivity contribution < 1.29 is 9.90 Å². The number of aliphatic hydroxyl groups is 1. The Morgan fingerprint density at radius 2 is 1.62 bits per heavy atom. The molecule has 0 aliphatic carbocycles. The van der Waals surface area contributed by atoms with Crippen LogP contribution in [0.4, 0.5) is 5.69 Å². The molecular formula is C18H25NO2. The van der Waals surface area contributed by atoms with E-state index in [4.69, 9.17) is 5.11 Å². The van der Waals surface area contributed by atoms with E-state index in [1.807, 2.05) is 24.3 Å². The highest BCUT2D eigenvalue weighted by atomic mass is 16.2. The van der Waals surface area contributed by atoms with Gasteiger partial charge in [-0.25, -0.2) is 0 Å². The number of hydrogen-bond donors (Lipinski definition) is 1. The van der Waals surface area contributed by atoms with E-state index >= 15 is 0 Å². The third-order valence-corrected chi connectivity index (χ3v) is 3.97. The fourth-order valence-corrected chi connectivity index (χ4v) is 2.77. The number of nitrogens with zero attached hydrogens (tertiary/aromatic N) is 1. The summed E-state index contributed by atoms with van der Waals surface area (Å²) in [5.74, 6) is 0.208. The van der Waals surface area contributed by atoms with Gasteiger partial charge in [-0.1, -0.05) is 44.2 Å². The molecule has 0 bridgehead atoms. The number of ketones is 1. The van der Waals surface area contributed by atoms with Crippen LogP contribution in [-0.2, 0) is 0 Å². The molecule has 1 N–H and O–H groups in total. The Labute approximate surface area is 127 Å². The molecule has 0 fully saturated rings. The van der Waals surface area contributed by atoms with Crippen molar-refractivity contribution >= 4 is 17.2 Å². The maximum Gasteiger partial charge on any atom is 0.170 e. The van der Waals surface area contributed by atoms with Crippen molar-refractivity contribution in [2.45, 2.75) is 57.8 Å². The fourth-order valence-electron chi connectivity index (χ4n) is 2.77. The predicted octanol–water partition coefficient (Wildman–Crippen LogP) is 4.46. The minimum absolute atomic E-state index is 0.208. The van der Waals surface area contributed by atoms with E-state index in [0.29, 0.717) is 13.0 Å². The van der Waals surface area contributed by atoms with E-state index in [0.717, 1.165) is 42.6 Å². The highest BCUT2D eigenvalue weighted by molar-refractivity contribution is 6.15. The molecule has 1 aromatic carbocycles. The zero-order valence-corrected chi connectivity index (χ0v) is 12.7. The standard InChI is InChI=1S/C18H25NO2/c20-13-9-5-3-1-2-4-6-10-15-14-18(21)16-11-7-8-12-17(16)19-15/h7-8,11-12,20H,1-6,9-10,13-14H2. The van der Waals surface area contributed by atoms with Gasteiger partial charge in [0.15, 0.2) is 5.78 Å². The minimum atomic E-state index is 0.208. The van der Waals surface area contributed by atoms with Crippen LogP contribution in [-0.4, -0.2) is 23.2 Å². The molecule has 0 unspecified atom stereocenters. The van der Waals surface area contributed by atoms with Crippen molar-refractivity contribution in [1.29, 1.82) is 0 Å². The largest absolute Gasteiger partial charge is 0.396 e. The van der Waals surface area contributed by atoms with Crippen molar-refractivity contribution in [3.05, 3.63) is 29.8 Å². The third-order valence-electron chi connectivity index (χ3n) is 3.97. The Morgan fingerprint density at radius 1 is 0.952 bits per heavy atom. The zero-order chi connectivity index (χ0) is 14.9. The summed E-state index contributed by atoms with van der Waals surface area (Å²) in [4.78, 5) is 16.7. The number of aliphatic hydroxyl groups excluding tert-OH is 1. The summed E-state index contributed by atoms with van der Waals surface area (Å²) in [6, 6.07) is 7.62. The van der Waals surface area contributed by atoms with Crippen LogP contribution in [0.2, 0.25) is 0 Å². The van der Waals surface area contributed by atoms with E-state index in [9.17, 15) is 4.79 Å². The maximum atomic E-state index is 12.0. The summed E-state index contributed by atoms with van der Waals surface area (Å²) in [6.07, 6.45) is 9.52. The van der Waals surface area contributed by atoms with E-state index in [2.05, 4.69) is 4.99 Å². The number of fused-ring (bicyclic) bond motifs is 1. The van der Waals surface area contributed by atoms with Crippen molar-refractivity contribution in [3.8, 4) is 0 Å². The lowest BCUT2D eigenvalue weighted by molar-refractivity contribution is 0.0999. The molecule has 21 heavy (non-hydrogen) atoms. The summed E-state index contributed by atoms with van der Waals surface area (Å²) in [6.45, 7) is 0.315. The SMILES string of the molecule is O=C1CC(CCCCCCCCCO)=Nc2ccccc21. The monoisotopic (exact) mass is 287 g/mol. The van der Waals surface area contributed by atoms with Gasteiger partial charge in [-0.2, -0.15) is 0 Å². The minimum Gasteiger partial charge on any atom is -0.396 e. The molecule has 0 spiro atoms. The molecule has 0 amide bonds. The Hall–Kier alpha value is -1.48. The molecule has 1 aliphatic rings. The van der Waals surface area contributed by atoms with Crippen molar-refractivity contribution in [1.82, 2.24) is 0 Å². The maximum absolute atomic E-state index is 12.0. The molecule has 1 aliphatic heterocycles. The number of para-hydroxylation sites is 1. The first-order chi connectivity index (χ1) is 10.3. The molecule has 1 aromatic rings. The van der Waals surface area contributed by atoms with E-state index in [1.165, 1.54) is 25.7 Å². The van der Waals surface area contributed by atoms with Gasteiger partial charge >= 0.3 is 0 Å². The van der Waals surface area contributed by atoms with Gasteiger partial charge in [0, 0.05) is 24.3 Å². The van der Waals surface area contributed by atoms with Gasteiger partial charge in [-0.15, -0.1) is 0 Å². The summed E-state index contributed by atoms with van der Waals surface area (Å²) < 4.78 is 0. The average Bonchev–Trinajstić information content (AvgIpc) is 2.50. The molecule has 0 atom stereocenters. The van der Waals surface area contributed by atoms with Crippen LogP contribution in [0.3, 0.4) is 0 Å². The van der Waals surface area contributed by atoms with Crippen LogP contribution in [0.25, 0.3) is 0 Å². The molecule has 0 radical (unpaired) electrons. The Balaban J connectivity index is 1.68. The fraction of sp³-hybridized carbons (Fsp3) is 0.556. The first kappa shape index (κ1) is 15.9. The summed E-state index contributed by atoms with van der Waals surface area (Å²) >= 11 is 0. The van der Waals surface area contributed by atoms with Gasteiger partial charge in [0.2, 0.25) is 0 Å². The topological polar surface area (TPSA) is 49.7 Å². The first-order valence-corrected chi connectivity index (χ1v) is 8.11. The van der Waals surface area contributed by atoms with E-state index in [-0.39, 0.29) is 5.78 Å². The molecule has 0 saturated carbocycles. The molecule has 2 rings (SSSR count). The number of hydrogen-bond acceptors (Lipinski definition) is 3. The second kappa shape index (κ2) is 8.73. The number of rotatable bonds is 9. The van der Waals surface area contributed by atoms with Crippen molar-refractivity contribution in [2.75, 3.05) is 6.61 Å². The van der Waals surface area contributed by atoms with Gasteiger partial charge < -0.3 is 5.11 Å². The van der Waals surface area contributed by atoms with Crippen molar-refractivity contribution in [2.24, 2.45) is 4.99 Å². The van der Waals surface area contributed by atoms with Gasteiger partial charge in [0.05, 0.1) is 5.69 Å². The lowest BCUT2D eigenvalue weighted by Crippen LogP contribution is -2.13. The normalized spacial score (nSPS) is 14.0. The Morgan fingerprint density at radius 3 is 2.38 bits per heavy atom. The lowest BCUT2D eigenvalue weighted by atomic mass is 9.97. The summed E-state index contributed by atoms with van der Waals surface area (Å²) in [5, 5.41) is 8.70. The number of Topliss-reactive ketones (excluding diaryl/α,β-unsaturated/α-hetero) is 1. The van der Waals surface area contributed by atoms with Crippen molar-refractivity contribution in [3.63, 3.8) is 0 Å². The van der Waals surface area contributed by atoms with E-state index in [1.54, 1.807) is 0 Å². The molecule has 114 valence electrons. The molecule has 0 aromatic heterocycles. The molecule has 3 nitrogen and oxygen atoms in total. The molecular weight excluding hydrogens is 262 g/mol. The highest BCUT2D eigenvalue weighted by Gasteiger charge is 2.18. The van der Waals surface area contributed by atoms with Crippen LogP contribution >= 0.6 is 0 Å². The molecule has 0 saturated heterocycles. The third kappa shape index (κ3) is 5.09. The van der Waals surface area contributed by atoms with Crippen LogP contribution in [0.15, 0.2) is 29.3 Å². The smallest absolute Gasteiger partial charge is 0.170 e. The van der Waals surface area contributed by atoms with Crippen LogP contribution < -0.4 is 0 Å². The summed E-state index contributed by atoms with van der Waals surface area (Å²) in [5.41, 5.74) is 2.65. The van der Waals surface area contributed by atoms with Gasteiger partial charge in [0.25, 0.3) is 0 Å². The van der Waals surface area contributed by atoms with E-state index < -0.39 is 0 Å². The highest BCUT2D eigenvalue weighted by Crippen LogP contribution is 2.26. The number of benzene rings is 1. The number of carbonyl (C=O) groups excluding carboxylic acids is 1. The summed E-state index contributed by atoms with van der Waals surface area (Å²) in [7, 11) is 0.